The van der Waals surface area contributed by atoms with Crippen LogP contribution in [0.5, 0.6) is 0 Å². The Morgan fingerprint density at radius 1 is 1.00 bits per heavy atom. The quantitative estimate of drug-likeness (QED) is 0.289. The van der Waals surface area contributed by atoms with Crippen molar-refractivity contribution in [1.82, 2.24) is 4.90 Å². The third-order valence-corrected chi connectivity index (χ3v) is 7.77. The van der Waals surface area contributed by atoms with Gasteiger partial charge in [-0.3, -0.25) is 0 Å². The third kappa shape index (κ3) is 8.94. The number of carbonyl (C=O) groups is 2. The van der Waals surface area contributed by atoms with Gasteiger partial charge in [0.1, 0.15) is 5.60 Å². The van der Waals surface area contributed by atoms with Crippen LogP contribution < -0.4 is 0 Å². The van der Waals surface area contributed by atoms with Crippen molar-refractivity contribution >= 4 is 39.6 Å². The minimum Gasteiger partial charge on any atom is -0.478 e. The Labute approximate surface area is 239 Å². The molecular formula is C30H32ClNO7S. The van der Waals surface area contributed by atoms with Gasteiger partial charge in [-0.15, -0.1) is 0 Å². The highest BCUT2D eigenvalue weighted by Gasteiger charge is 2.25. The van der Waals surface area contributed by atoms with E-state index in [1.807, 2.05) is 0 Å². The summed E-state index contributed by atoms with van der Waals surface area (Å²) in [5.41, 5.74) is 1.07. The summed E-state index contributed by atoms with van der Waals surface area (Å²) in [6, 6.07) is 19.1. The number of carbonyl (C=O) groups excluding carboxylic acids is 1. The molecule has 1 atom stereocenters. The second-order valence-corrected chi connectivity index (χ2v) is 12.5. The van der Waals surface area contributed by atoms with E-state index in [0.717, 1.165) is 11.6 Å². The zero-order chi connectivity index (χ0) is 29.5. The maximum absolute atomic E-state index is 13.2. The van der Waals surface area contributed by atoms with Crippen LogP contribution in [-0.4, -0.2) is 54.3 Å². The minimum absolute atomic E-state index is 0.0195. The largest absolute Gasteiger partial charge is 0.478 e. The molecule has 0 bridgehead atoms. The van der Waals surface area contributed by atoms with Crippen LogP contribution in [0.25, 0.3) is 6.08 Å². The molecule has 0 unspecified atom stereocenters. The van der Waals surface area contributed by atoms with Crippen molar-refractivity contribution in [2.45, 2.75) is 48.7 Å². The van der Waals surface area contributed by atoms with Crippen LogP contribution in [0, 0.1) is 0 Å². The average molecular weight is 586 g/mol. The van der Waals surface area contributed by atoms with Crippen molar-refractivity contribution in [3.8, 4) is 0 Å². The molecule has 2 N–H and O–H groups in total. The van der Waals surface area contributed by atoms with Gasteiger partial charge < -0.3 is 19.8 Å². The molecule has 0 aliphatic heterocycles. The number of benzene rings is 3. The second kappa shape index (κ2) is 13.1. The highest BCUT2D eigenvalue weighted by Crippen LogP contribution is 2.24. The first-order chi connectivity index (χ1) is 18.7. The van der Waals surface area contributed by atoms with E-state index in [2.05, 4.69) is 0 Å². The van der Waals surface area contributed by atoms with E-state index in [1.54, 1.807) is 69.3 Å². The van der Waals surface area contributed by atoms with Gasteiger partial charge in [-0.2, -0.15) is 0 Å². The van der Waals surface area contributed by atoms with Crippen LogP contribution >= 0.6 is 11.6 Å². The fourth-order valence-electron chi connectivity index (χ4n) is 3.80. The predicted molar refractivity (Wildman–Crippen MR) is 153 cm³/mol. The SMILES string of the molecule is CC(C)(C)OC(=O)N(CCc1ccc(S(=O)(=O)c2cccc(/C=C/C(=O)O)c2)cc1)C[C@@H](O)c1cccc(Cl)c1. The number of hydrogen-bond donors (Lipinski definition) is 2. The maximum atomic E-state index is 13.2. The summed E-state index contributed by atoms with van der Waals surface area (Å²) in [5, 5.41) is 20.1. The Kier molecular flexibility index (Phi) is 10.1. The first-order valence-corrected chi connectivity index (χ1v) is 14.4. The van der Waals surface area contributed by atoms with Gasteiger partial charge in [0.05, 0.1) is 22.4 Å². The van der Waals surface area contributed by atoms with Gasteiger partial charge in [0.15, 0.2) is 0 Å². The molecule has 0 saturated heterocycles. The Hall–Kier alpha value is -3.66. The molecule has 0 saturated carbocycles. The minimum atomic E-state index is -3.84. The zero-order valence-corrected chi connectivity index (χ0v) is 24.0. The number of amides is 1. The maximum Gasteiger partial charge on any atom is 0.410 e. The molecule has 212 valence electrons. The lowest BCUT2D eigenvalue weighted by Gasteiger charge is -2.29. The van der Waals surface area contributed by atoms with E-state index >= 15 is 0 Å². The molecule has 0 heterocycles. The fourth-order valence-corrected chi connectivity index (χ4v) is 5.31. The van der Waals surface area contributed by atoms with Crippen molar-refractivity contribution < 1.29 is 33.0 Å². The number of carboxylic acid groups (broad SMARTS) is 1. The van der Waals surface area contributed by atoms with E-state index in [1.165, 1.54) is 35.2 Å². The van der Waals surface area contributed by atoms with Crippen LogP contribution in [0.1, 0.15) is 43.6 Å². The predicted octanol–water partition coefficient (Wildman–Crippen LogP) is 5.78. The Morgan fingerprint density at radius 2 is 1.68 bits per heavy atom. The molecule has 0 fully saturated rings. The van der Waals surface area contributed by atoms with Gasteiger partial charge in [0, 0.05) is 17.6 Å². The smallest absolute Gasteiger partial charge is 0.410 e. The summed E-state index contributed by atoms with van der Waals surface area (Å²) in [6.45, 7) is 5.47. The topological polar surface area (TPSA) is 121 Å². The van der Waals surface area contributed by atoms with Crippen LogP contribution in [0.3, 0.4) is 0 Å². The molecule has 3 aromatic carbocycles. The van der Waals surface area contributed by atoms with Gasteiger partial charge in [0.25, 0.3) is 0 Å². The highest BCUT2D eigenvalue weighted by molar-refractivity contribution is 7.91. The molecule has 1 amide bonds. The number of ether oxygens (including phenoxy) is 1. The second-order valence-electron chi connectivity index (χ2n) is 10.1. The number of halogens is 1. The Bertz CT molecular complexity index is 1480. The molecule has 3 rings (SSSR count). The van der Waals surface area contributed by atoms with E-state index in [9.17, 15) is 23.1 Å². The average Bonchev–Trinajstić information content (AvgIpc) is 2.89. The molecule has 8 nitrogen and oxygen atoms in total. The lowest BCUT2D eigenvalue weighted by Crippen LogP contribution is -2.40. The summed E-state index contributed by atoms with van der Waals surface area (Å²) in [6.07, 6.45) is 1.08. The number of aliphatic carboxylic acids is 1. The molecule has 40 heavy (non-hydrogen) atoms. The standard InChI is InChI=1S/C30H32ClNO7S/c1-30(2,3)39-29(36)32(20-27(33)23-7-5-8-24(31)19-23)17-16-21-10-13-25(14-11-21)40(37,38)26-9-4-6-22(18-26)12-15-28(34)35/h4-15,18-19,27,33H,16-17,20H2,1-3H3,(H,34,35)/b15-12+/t27-/m1/s1. The third-order valence-electron chi connectivity index (χ3n) is 5.77. The van der Waals surface area contributed by atoms with Gasteiger partial charge in [0.2, 0.25) is 9.84 Å². The van der Waals surface area contributed by atoms with Crippen molar-refractivity contribution in [2.24, 2.45) is 0 Å². The number of rotatable bonds is 10. The van der Waals surface area contributed by atoms with Crippen molar-refractivity contribution in [1.29, 1.82) is 0 Å². The highest BCUT2D eigenvalue weighted by atomic mass is 35.5. The molecule has 0 aliphatic rings. The van der Waals surface area contributed by atoms with Crippen molar-refractivity contribution in [3.63, 3.8) is 0 Å². The van der Waals surface area contributed by atoms with E-state index in [-0.39, 0.29) is 22.9 Å². The number of carboxylic acids is 1. The van der Waals surface area contributed by atoms with Crippen molar-refractivity contribution in [2.75, 3.05) is 13.1 Å². The normalized spacial score (nSPS) is 12.7. The number of nitrogens with zero attached hydrogens (tertiary/aromatic N) is 1. The monoisotopic (exact) mass is 585 g/mol. The molecule has 0 radical (unpaired) electrons. The Balaban J connectivity index is 1.75. The first kappa shape index (κ1) is 30.9. The zero-order valence-electron chi connectivity index (χ0n) is 22.5. The molecular weight excluding hydrogens is 554 g/mol. The lowest BCUT2D eigenvalue weighted by atomic mass is 10.1. The molecule has 0 spiro atoms. The molecule has 3 aromatic rings. The summed E-state index contributed by atoms with van der Waals surface area (Å²) < 4.78 is 31.8. The fraction of sp³-hybridized carbons (Fsp3) is 0.267. The number of hydrogen-bond acceptors (Lipinski definition) is 6. The summed E-state index contributed by atoms with van der Waals surface area (Å²) in [4.78, 5) is 25.2. The molecule has 0 aromatic heterocycles. The van der Waals surface area contributed by atoms with E-state index in [0.29, 0.717) is 22.6 Å². The van der Waals surface area contributed by atoms with Gasteiger partial charge >= 0.3 is 12.1 Å². The van der Waals surface area contributed by atoms with E-state index in [4.69, 9.17) is 21.4 Å². The van der Waals surface area contributed by atoms with Crippen LogP contribution in [-0.2, 0) is 25.8 Å². The molecule has 10 heteroatoms. The summed E-state index contributed by atoms with van der Waals surface area (Å²) in [5.74, 6) is -1.13. The van der Waals surface area contributed by atoms with Crippen LogP contribution in [0.2, 0.25) is 5.02 Å². The van der Waals surface area contributed by atoms with E-state index < -0.39 is 33.6 Å². The lowest BCUT2D eigenvalue weighted by molar-refractivity contribution is -0.131. The Morgan fingerprint density at radius 3 is 2.30 bits per heavy atom. The number of aliphatic hydroxyl groups is 1. The van der Waals surface area contributed by atoms with Gasteiger partial charge in [-0.1, -0.05) is 48.0 Å². The van der Waals surface area contributed by atoms with Gasteiger partial charge in [-0.05, 0) is 86.4 Å². The van der Waals surface area contributed by atoms with Gasteiger partial charge in [-0.25, -0.2) is 18.0 Å². The summed E-state index contributed by atoms with van der Waals surface area (Å²) in [7, 11) is -3.84. The number of aliphatic hydroxyl groups excluding tert-OH is 1. The summed E-state index contributed by atoms with van der Waals surface area (Å²) >= 11 is 6.05. The van der Waals surface area contributed by atoms with Crippen LogP contribution in [0.15, 0.2) is 88.7 Å². The number of sulfone groups is 1. The molecule has 0 aliphatic carbocycles. The first-order valence-electron chi connectivity index (χ1n) is 12.5. The van der Waals surface area contributed by atoms with Crippen LogP contribution in [0.4, 0.5) is 4.79 Å². The van der Waals surface area contributed by atoms with Crippen molar-refractivity contribution in [3.05, 3.63) is 101 Å².